The lowest BCUT2D eigenvalue weighted by Gasteiger charge is -2.33. The third kappa shape index (κ3) is 5.73. The molecule has 0 fully saturated rings. The van der Waals surface area contributed by atoms with Crippen molar-refractivity contribution in [1.29, 1.82) is 0 Å². The summed E-state index contributed by atoms with van der Waals surface area (Å²) in [6, 6.07) is 9.02. The lowest BCUT2D eigenvalue weighted by Crippen LogP contribution is -2.57. The molecule has 0 aliphatic heterocycles. The predicted octanol–water partition coefficient (Wildman–Crippen LogP) is 0.671. The number of hydrogen-bond donors (Lipinski definition) is 3. The molecule has 1 rings (SSSR count). The fraction of sp³-hybridized carbons (Fsp3) is 0.500. The molecule has 122 valence electrons. The molecule has 0 saturated heterocycles. The molecule has 0 heterocycles. The minimum atomic E-state index is -0.484. The Balaban J connectivity index is 2.33. The Morgan fingerprint density at radius 1 is 1.23 bits per heavy atom. The van der Waals surface area contributed by atoms with Gasteiger partial charge < -0.3 is 21.1 Å². The molecule has 4 N–H and O–H groups in total. The fourth-order valence-electron chi connectivity index (χ4n) is 1.69. The van der Waals surface area contributed by atoms with Crippen molar-refractivity contribution in [2.45, 2.75) is 26.3 Å². The van der Waals surface area contributed by atoms with Gasteiger partial charge in [-0.1, -0.05) is 32.0 Å². The van der Waals surface area contributed by atoms with Crippen LogP contribution in [0.5, 0.6) is 5.75 Å². The minimum absolute atomic E-state index is 0.0979. The summed E-state index contributed by atoms with van der Waals surface area (Å²) >= 11 is 0. The van der Waals surface area contributed by atoms with Gasteiger partial charge in [0.1, 0.15) is 5.75 Å². The van der Waals surface area contributed by atoms with Gasteiger partial charge in [0.2, 0.25) is 5.91 Å². The van der Waals surface area contributed by atoms with Crippen molar-refractivity contribution in [3.63, 3.8) is 0 Å². The highest BCUT2D eigenvalue weighted by atomic mass is 16.5. The van der Waals surface area contributed by atoms with Gasteiger partial charge in [0.05, 0.1) is 12.1 Å². The fourth-order valence-corrected chi connectivity index (χ4v) is 1.69. The third-order valence-corrected chi connectivity index (χ3v) is 3.68. The van der Waals surface area contributed by atoms with E-state index in [4.69, 9.17) is 10.5 Å². The lowest BCUT2D eigenvalue weighted by molar-refractivity contribution is -0.128. The highest BCUT2D eigenvalue weighted by Crippen LogP contribution is 2.14. The summed E-state index contributed by atoms with van der Waals surface area (Å²) in [5.41, 5.74) is 5.22. The molecule has 1 aromatic rings. The quantitative estimate of drug-likeness (QED) is 0.658. The SMILES string of the molecule is CC(C)C(C)(CN)NC(=O)CNC(=O)COc1ccccc1. The van der Waals surface area contributed by atoms with Gasteiger partial charge in [0.25, 0.3) is 5.91 Å². The Kier molecular flexibility index (Phi) is 6.85. The van der Waals surface area contributed by atoms with E-state index in [1.54, 1.807) is 12.1 Å². The Hall–Kier alpha value is -2.08. The molecule has 1 aromatic carbocycles. The standard InChI is InChI=1S/C16H25N3O3/c1-12(2)16(3,11-17)19-14(20)9-18-15(21)10-22-13-7-5-4-6-8-13/h4-8,12H,9-11,17H2,1-3H3,(H,18,21)(H,19,20). The van der Waals surface area contributed by atoms with Crippen LogP contribution in [-0.4, -0.2) is 37.0 Å². The van der Waals surface area contributed by atoms with E-state index in [-0.39, 0.29) is 30.9 Å². The van der Waals surface area contributed by atoms with Crippen molar-refractivity contribution in [2.24, 2.45) is 11.7 Å². The van der Waals surface area contributed by atoms with E-state index in [0.717, 1.165) is 0 Å². The average Bonchev–Trinajstić information content (AvgIpc) is 2.51. The van der Waals surface area contributed by atoms with Crippen LogP contribution in [0.25, 0.3) is 0 Å². The molecule has 6 nitrogen and oxygen atoms in total. The number of nitrogens with two attached hydrogens (primary N) is 1. The van der Waals surface area contributed by atoms with Gasteiger partial charge in [-0.3, -0.25) is 9.59 Å². The smallest absolute Gasteiger partial charge is 0.258 e. The number of hydrogen-bond acceptors (Lipinski definition) is 4. The molecular formula is C16H25N3O3. The number of rotatable bonds is 8. The Bertz CT molecular complexity index is 491. The van der Waals surface area contributed by atoms with E-state index in [0.29, 0.717) is 12.3 Å². The van der Waals surface area contributed by atoms with Crippen molar-refractivity contribution in [1.82, 2.24) is 10.6 Å². The van der Waals surface area contributed by atoms with E-state index >= 15 is 0 Å². The third-order valence-electron chi connectivity index (χ3n) is 3.68. The van der Waals surface area contributed by atoms with Crippen LogP contribution in [0.2, 0.25) is 0 Å². The van der Waals surface area contributed by atoms with Gasteiger partial charge in [-0.05, 0) is 25.0 Å². The number of para-hydroxylation sites is 1. The molecule has 0 saturated carbocycles. The van der Waals surface area contributed by atoms with E-state index in [2.05, 4.69) is 10.6 Å². The molecule has 0 aromatic heterocycles. The molecular weight excluding hydrogens is 282 g/mol. The monoisotopic (exact) mass is 307 g/mol. The molecule has 0 bridgehead atoms. The molecule has 0 spiro atoms. The summed E-state index contributed by atoms with van der Waals surface area (Å²) in [7, 11) is 0. The van der Waals surface area contributed by atoms with Crippen LogP contribution in [0.15, 0.2) is 30.3 Å². The Morgan fingerprint density at radius 2 is 1.86 bits per heavy atom. The maximum absolute atomic E-state index is 11.9. The zero-order valence-electron chi connectivity index (χ0n) is 13.4. The molecule has 6 heteroatoms. The molecule has 1 unspecified atom stereocenters. The maximum atomic E-state index is 11.9. The van der Waals surface area contributed by atoms with E-state index in [1.807, 2.05) is 39.0 Å². The minimum Gasteiger partial charge on any atom is -0.484 e. The van der Waals surface area contributed by atoms with Crippen LogP contribution >= 0.6 is 0 Å². The second kappa shape index (κ2) is 8.38. The first-order chi connectivity index (χ1) is 10.4. The first-order valence-corrected chi connectivity index (χ1v) is 7.33. The number of ether oxygens (including phenoxy) is 1. The molecule has 1 atom stereocenters. The van der Waals surface area contributed by atoms with Crippen LogP contribution in [0.1, 0.15) is 20.8 Å². The predicted molar refractivity (Wildman–Crippen MR) is 85.4 cm³/mol. The number of carbonyl (C=O) groups is 2. The number of amides is 2. The topological polar surface area (TPSA) is 93.5 Å². The Labute approximate surface area is 131 Å². The van der Waals surface area contributed by atoms with Crippen LogP contribution < -0.4 is 21.1 Å². The van der Waals surface area contributed by atoms with Crippen molar-refractivity contribution in [2.75, 3.05) is 19.7 Å². The summed E-state index contributed by atoms with van der Waals surface area (Å²) in [6.07, 6.45) is 0. The van der Waals surface area contributed by atoms with Crippen LogP contribution in [0.3, 0.4) is 0 Å². The van der Waals surface area contributed by atoms with Gasteiger partial charge in [0.15, 0.2) is 6.61 Å². The summed E-state index contributed by atoms with van der Waals surface area (Å²) in [4.78, 5) is 23.5. The first-order valence-electron chi connectivity index (χ1n) is 7.33. The van der Waals surface area contributed by atoms with Gasteiger partial charge in [0, 0.05) is 6.54 Å². The summed E-state index contributed by atoms with van der Waals surface area (Å²) in [5, 5.41) is 5.37. The van der Waals surface area contributed by atoms with Gasteiger partial charge >= 0.3 is 0 Å². The zero-order chi connectivity index (χ0) is 16.6. The van der Waals surface area contributed by atoms with E-state index < -0.39 is 5.54 Å². The van der Waals surface area contributed by atoms with Crippen molar-refractivity contribution in [3.05, 3.63) is 30.3 Å². The largest absolute Gasteiger partial charge is 0.484 e. The van der Waals surface area contributed by atoms with Gasteiger partial charge in [-0.15, -0.1) is 0 Å². The summed E-state index contributed by atoms with van der Waals surface area (Å²) in [6.45, 7) is 5.96. The zero-order valence-corrected chi connectivity index (χ0v) is 13.4. The summed E-state index contributed by atoms with van der Waals surface area (Å²) in [5.74, 6) is 0.184. The van der Waals surface area contributed by atoms with Crippen LogP contribution in [-0.2, 0) is 9.59 Å². The van der Waals surface area contributed by atoms with Gasteiger partial charge in [-0.2, -0.15) is 0 Å². The van der Waals surface area contributed by atoms with Crippen LogP contribution in [0.4, 0.5) is 0 Å². The van der Waals surface area contributed by atoms with Crippen LogP contribution in [0, 0.1) is 5.92 Å². The van der Waals surface area contributed by atoms with E-state index in [1.165, 1.54) is 0 Å². The summed E-state index contributed by atoms with van der Waals surface area (Å²) < 4.78 is 5.30. The molecule has 0 aliphatic rings. The number of carbonyl (C=O) groups excluding carboxylic acids is 2. The first kappa shape index (κ1) is 18.0. The molecule has 0 radical (unpaired) electrons. The number of nitrogens with one attached hydrogen (secondary N) is 2. The lowest BCUT2D eigenvalue weighted by atomic mass is 9.88. The molecule has 22 heavy (non-hydrogen) atoms. The van der Waals surface area contributed by atoms with E-state index in [9.17, 15) is 9.59 Å². The molecule has 0 aliphatic carbocycles. The van der Waals surface area contributed by atoms with Crippen molar-refractivity contribution >= 4 is 11.8 Å². The van der Waals surface area contributed by atoms with Gasteiger partial charge in [-0.25, -0.2) is 0 Å². The second-order valence-electron chi connectivity index (χ2n) is 5.70. The van der Waals surface area contributed by atoms with Crippen molar-refractivity contribution < 1.29 is 14.3 Å². The Morgan fingerprint density at radius 3 is 2.41 bits per heavy atom. The molecule has 2 amide bonds. The normalized spacial score (nSPS) is 13.3. The maximum Gasteiger partial charge on any atom is 0.258 e. The van der Waals surface area contributed by atoms with Crippen molar-refractivity contribution in [3.8, 4) is 5.75 Å². The highest BCUT2D eigenvalue weighted by Gasteiger charge is 2.28. The second-order valence-corrected chi connectivity index (χ2v) is 5.70. The number of benzene rings is 1. The highest BCUT2D eigenvalue weighted by molar-refractivity contribution is 5.85. The average molecular weight is 307 g/mol.